The van der Waals surface area contributed by atoms with E-state index in [-0.39, 0.29) is 12.1 Å². The number of nitrogens with one attached hydrogen (secondary N) is 1. The molecule has 2 N–H and O–H groups in total. The highest BCUT2D eigenvalue weighted by molar-refractivity contribution is 9.10. The summed E-state index contributed by atoms with van der Waals surface area (Å²) in [7, 11) is 0. The molecule has 1 aliphatic rings. The average molecular weight is 276 g/mol. The average Bonchev–Trinajstić information content (AvgIpc) is 2.85. The van der Waals surface area contributed by atoms with Crippen LogP contribution in [0.25, 0.3) is 0 Å². The first-order valence-corrected chi connectivity index (χ1v) is 5.71. The van der Waals surface area contributed by atoms with Gasteiger partial charge in [-0.1, -0.05) is 0 Å². The molecule has 84 valence electrons. The number of rotatable bonds is 4. The SMILES string of the molecule is OCC1(NCc2ccc(Br)o2)CCOC1. The summed E-state index contributed by atoms with van der Waals surface area (Å²) in [6.45, 7) is 1.96. The van der Waals surface area contributed by atoms with Crippen LogP contribution in [0.4, 0.5) is 0 Å². The highest BCUT2D eigenvalue weighted by Gasteiger charge is 2.33. The van der Waals surface area contributed by atoms with Crippen molar-refractivity contribution in [2.24, 2.45) is 0 Å². The first-order valence-electron chi connectivity index (χ1n) is 4.92. The minimum absolute atomic E-state index is 0.0921. The lowest BCUT2D eigenvalue weighted by Crippen LogP contribution is -2.48. The van der Waals surface area contributed by atoms with Gasteiger partial charge in [0, 0.05) is 6.61 Å². The summed E-state index contributed by atoms with van der Waals surface area (Å²) < 4.78 is 11.4. The van der Waals surface area contributed by atoms with Crippen LogP contribution in [0.1, 0.15) is 12.2 Å². The molecule has 1 unspecified atom stereocenters. The molecule has 2 heterocycles. The number of aliphatic hydroxyl groups excluding tert-OH is 1. The number of furan rings is 1. The summed E-state index contributed by atoms with van der Waals surface area (Å²) in [4.78, 5) is 0. The first-order chi connectivity index (χ1) is 7.24. The van der Waals surface area contributed by atoms with Crippen LogP contribution >= 0.6 is 15.9 Å². The monoisotopic (exact) mass is 275 g/mol. The fraction of sp³-hybridized carbons (Fsp3) is 0.600. The molecule has 1 aromatic rings. The Balaban J connectivity index is 1.91. The van der Waals surface area contributed by atoms with Crippen LogP contribution in [0.3, 0.4) is 0 Å². The molecule has 0 spiro atoms. The van der Waals surface area contributed by atoms with E-state index >= 15 is 0 Å². The Morgan fingerprint density at radius 3 is 2.93 bits per heavy atom. The van der Waals surface area contributed by atoms with Gasteiger partial charge in [-0.3, -0.25) is 0 Å². The summed E-state index contributed by atoms with van der Waals surface area (Å²) in [5, 5.41) is 12.6. The van der Waals surface area contributed by atoms with E-state index in [1.807, 2.05) is 12.1 Å². The molecule has 4 nitrogen and oxygen atoms in total. The number of ether oxygens (including phenoxy) is 1. The maximum atomic E-state index is 9.32. The van der Waals surface area contributed by atoms with E-state index < -0.39 is 0 Å². The minimum atomic E-state index is -0.292. The zero-order chi connectivity index (χ0) is 10.7. The Hall–Kier alpha value is -0.360. The second-order valence-corrected chi connectivity index (χ2v) is 4.58. The lowest BCUT2D eigenvalue weighted by Gasteiger charge is -2.25. The number of aliphatic hydroxyl groups is 1. The molecule has 1 saturated heterocycles. The van der Waals surface area contributed by atoms with Crippen molar-refractivity contribution in [3.8, 4) is 0 Å². The lowest BCUT2D eigenvalue weighted by atomic mass is 10.0. The third-order valence-corrected chi connectivity index (χ3v) is 3.10. The Bertz CT molecular complexity index is 320. The van der Waals surface area contributed by atoms with Gasteiger partial charge in [0.1, 0.15) is 5.76 Å². The van der Waals surface area contributed by atoms with E-state index in [1.165, 1.54) is 0 Å². The largest absolute Gasteiger partial charge is 0.453 e. The summed E-state index contributed by atoms with van der Waals surface area (Å²) >= 11 is 3.25. The predicted octanol–water partition coefficient (Wildman–Crippen LogP) is 1.28. The molecule has 0 radical (unpaired) electrons. The standard InChI is InChI=1S/C10H14BrNO3/c11-9-2-1-8(15-9)5-12-10(6-13)3-4-14-7-10/h1-2,12-13H,3-7H2. The second kappa shape index (κ2) is 4.65. The predicted molar refractivity (Wildman–Crippen MR) is 58.5 cm³/mol. The van der Waals surface area contributed by atoms with E-state index in [4.69, 9.17) is 9.15 Å². The van der Waals surface area contributed by atoms with Crippen LogP contribution in [-0.2, 0) is 11.3 Å². The second-order valence-electron chi connectivity index (χ2n) is 3.80. The Morgan fingerprint density at radius 1 is 1.53 bits per heavy atom. The quantitative estimate of drug-likeness (QED) is 0.870. The smallest absolute Gasteiger partial charge is 0.169 e. The highest BCUT2D eigenvalue weighted by atomic mass is 79.9. The molecule has 0 aromatic carbocycles. The molecule has 15 heavy (non-hydrogen) atoms. The highest BCUT2D eigenvalue weighted by Crippen LogP contribution is 2.20. The Kier molecular flexibility index (Phi) is 3.45. The lowest BCUT2D eigenvalue weighted by molar-refractivity contribution is 0.118. The van der Waals surface area contributed by atoms with E-state index in [9.17, 15) is 5.11 Å². The van der Waals surface area contributed by atoms with Crippen LogP contribution in [0.15, 0.2) is 21.2 Å². The first kappa shape index (κ1) is 11.1. The van der Waals surface area contributed by atoms with Gasteiger partial charge in [-0.05, 0) is 34.5 Å². The van der Waals surface area contributed by atoms with Gasteiger partial charge in [0.25, 0.3) is 0 Å². The van der Waals surface area contributed by atoms with Crippen molar-refractivity contribution in [2.75, 3.05) is 19.8 Å². The van der Waals surface area contributed by atoms with Gasteiger partial charge in [-0.15, -0.1) is 0 Å². The third kappa shape index (κ3) is 2.60. The topological polar surface area (TPSA) is 54.6 Å². The molecule has 0 aliphatic carbocycles. The van der Waals surface area contributed by atoms with Crippen LogP contribution in [0.5, 0.6) is 0 Å². The van der Waals surface area contributed by atoms with Gasteiger partial charge in [0.05, 0.1) is 25.3 Å². The van der Waals surface area contributed by atoms with Crippen LogP contribution < -0.4 is 5.32 Å². The van der Waals surface area contributed by atoms with Crippen molar-refractivity contribution in [1.82, 2.24) is 5.32 Å². The number of hydrogen-bond acceptors (Lipinski definition) is 4. The van der Waals surface area contributed by atoms with Crippen molar-refractivity contribution in [1.29, 1.82) is 0 Å². The Morgan fingerprint density at radius 2 is 2.40 bits per heavy atom. The van der Waals surface area contributed by atoms with Crippen molar-refractivity contribution in [2.45, 2.75) is 18.5 Å². The summed E-state index contributed by atoms with van der Waals surface area (Å²) in [6, 6.07) is 3.76. The molecule has 0 bridgehead atoms. The van der Waals surface area contributed by atoms with Gasteiger partial charge in [-0.2, -0.15) is 0 Å². The fourth-order valence-corrected chi connectivity index (χ4v) is 1.99. The molecule has 0 saturated carbocycles. The molecule has 5 heteroatoms. The maximum Gasteiger partial charge on any atom is 0.169 e. The molecule has 0 amide bonds. The van der Waals surface area contributed by atoms with Gasteiger partial charge < -0.3 is 19.6 Å². The molecular weight excluding hydrogens is 262 g/mol. The zero-order valence-electron chi connectivity index (χ0n) is 8.33. The van der Waals surface area contributed by atoms with Gasteiger partial charge >= 0.3 is 0 Å². The van der Waals surface area contributed by atoms with Gasteiger partial charge in [0.2, 0.25) is 0 Å². The van der Waals surface area contributed by atoms with Crippen molar-refractivity contribution in [3.63, 3.8) is 0 Å². The van der Waals surface area contributed by atoms with Gasteiger partial charge in [-0.25, -0.2) is 0 Å². The Labute approximate surface area is 96.7 Å². The van der Waals surface area contributed by atoms with Crippen LogP contribution in [-0.4, -0.2) is 30.5 Å². The van der Waals surface area contributed by atoms with E-state index in [0.717, 1.165) is 16.9 Å². The number of hydrogen-bond donors (Lipinski definition) is 2. The van der Waals surface area contributed by atoms with E-state index in [1.54, 1.807) is 0 Å². The number of halogens is 1. The minimum Gasteiger partial charge on any atom is -0.453 e. The summed E-state index contributed by atoms with van der Waals surface area (Å²) in [5.74, 6) is 0.849. The van der Waals surface area contributed by atoms with Gasteiger partial charge in [0.15, 0.2) is 4.67 Å². The van der Waals surface area contributed by atoms with Crippen LogP contribution in [0.2, 0.25) is 0 Å². The summed E-state index contributed by atoms with van der Waals surface area (Å²) in [6.07, 6.45) is 0.839. The van der Waals surface area contributed by atoms with Crippen LogP contribution in [0, 0.1) is 0 Å². The third-order valence-electron chi connectivity index (χ3n) is 2.67. The normalized spacial score (nSPS) is 26.0. The molecule has 1 atom stereocenters. The molecule has 1 aromatic heterocycles. The maximum absolute atomic E-state index is 9.32. The zero-order valence-corrected chi connectivity index (χ0v) is 9.92. The molecule has 1 aliphatic heterocycles. The fourth-order valence-electron chi connectivity index (χ4n) is 1.65. The molecule has 1 fully saturated rings. The van der Waals surface area contributed by atoms with E-state index in [2.05, 4.69) is 21.2 Å². The van der Waals surface area contributed by atoms with E-state index in [0.29, 0.717) is 19.8 Å². The van der Waals surface area contributed by atoms with Crippen molar-refractivity contribution >= 4 is 15.9 Å². The molecular formula is C10H14BrNO3. The molecule has 2 rings (SSSR count). The van der Waals surface area contributed by atoms with Crippen molar-refractivity contribution in [3.05, 3.63) is 22.6 Å². The summed E-state index contributed by atoms with van der Waals surface area (Å²) in [5.41, 5.74) is -0.292. The van der Waals surface area contributed by atoms with Crippen molar-refractivity contribution < 1.29 is 14.3 Å².